The third kappa shape index (κ3) is 2.40. The van der Waals surface area contributed by atoms with Crippen LogP contribution >= 0.6 is 0 Å². The van der Waals surface area contributed by atoms with Crippen molar-refractivity contribution in [2.24, 2.45) is 0 Å². The predicted octanol–water partition coefficient (Wildman–Crippen LogP) is 1.02. The molecule has 2 rings (SSSR count). The Hall–Kier alpha value is -2.44. The van der Waals surface area contributed by atoms with Crippen LogP contribution in [0.25, 0.3) is 0 Å². The molecule has 1 aliphatic heterocycles. The van der Waals surface area contributed by atoms with E-state index in [2.05, 4.69) is 20.4 Å². The zero-order chi connectivity index (χ0) is 14.0. The van der Waals surface area contributed by atoms with Crippen LogP contribution in [0.1, 0.15) is 18.5 Å². The smallest absolute Gasteiger partial charge is 0.337 e. The van der Waals surface area contributed by atoms with Gasteiger partial charge in [-0.25, -0.2) is 14.0 Å². The number of urea groups is 1. The number of hydrogen-bond donors (Lipinski definition) is 2. The standard InChI is InChI=1S/C12H12FN3O3/c1-6-9(11(17)19-2)10(16-12(18)15-6)7-3-4-14-5-8(7)13/h3-5,10H,1-2H3,(H2,15,16,18). The molecule has 1 unspecified atom stereocenters. The third-order valence-electron chi connectivity index (χ3n) is 2.79. The van der Waals surface area contributed by atoms with Gasteiger partial charge >= 0.3 is 12.0 Å². The second kappa shape index (κ2) is 5.05. The van der Waals surface area contributed by atoms with Crippen LogP contribution < -0.4 is 10.6 Å². The molecule has 0 saturated heterocycles. The topological polar surface area (TPSA) is 80.3 Å². The van der Waals surface area contributed by atoms with Gasteiger partial charge in [-0.1, -0.05) is 0 Å². The summed E-state index contributed by atoms with van der Waals surface area (Å²) in [4.78, 5) is 26.9. The van der Waals surface area contributed by atoms with Gasteiger partial charge in [0.15, 0.2) is 0 Å². The number of carbonyl (C=O) groups excluding carboxylic acids is 2. The quantitative estimate of drug-likeness (QED) is 0.782. The lowest BCUT2D eigenvalue weighted by Crippen LogP contribution is -2.45. The molecule has 100 valence electrons. The minimum absolute atomic E-state index is 0.157. The molecule has 0 saturated carbocycles. The van der Waals surface area contributed by atoms with Crippen LogP contribution in [0, 0.1) is 5.82 Å². The summed E-state index contributed by atoms with van der Waals surface area (Å²) in [6.45, 7) is 1.55. The predicted molar refractivity (Wildman–Crippen MR) is 63.3 cm³/mol. The van der Waals surface area contributed by atoms with Crippen LogP contribution in [0.15, 0.2) is 29.7 Å². The van der Waals surface area contributed by atoms with Gasteiger partial charge in [0.05, 0.1) is 24.9 Å². The number of esters is 1. The Bertz CT molecular complexity index is 571. The lowest BCUT2D eigenvalue weighted by molar-refractivity contribution is -0.136. The molecule has 0 radical (unpaired) electrons. The highest BCUT2D eigenvalue weighted by molar-refractivity contribution is 5.94. The van der Waals surface area contributed by atoms with E-state index in [1.165, 1.54) is 19.4 Å². The van der Waals surface area contributed by atoms with Crippen molar-refractivity contribution < 1.29 is 18.7 Å². The van der Waals surface area contributed by atoms with E-state index in [0.29, 0.717) is 5.70 Å². The molecule has 1 aliphatic rings. The van der Waals surface area contributed by atoms with Crippen LogP contribution in [0.3, 0.4) is 0 Å². The minimum atomic E-state index is -0.899. The average Bonchev–Trinajstić information content (AvgIpc) is 2.37. The molecule has 1 aromatic rings. The summed E-state index contributed by atoms with van der Waals surface area (Å²) in [5.41, 5.74) is 0.647. The fourth-order valence-corrected chi connectivity index (χ4v) is 1.93. The van der Waals surface area contributed by atoms with Crippen molar-refractivity contribution in [3.05, 3.63) is 41.1 Å². The Morgan fingerprint density at radius 1 is 1.53 bits per heavy atom. The van der Waals surface area contributed by atoms with Crippen LogP contribution in [0.2, 0.25) is 0 Å². The number of ether oxygens (including phenoxy) is 1. The number of halogens is 1. The van der Waals surface area contributed by atoms with E-state index in [9.17, 15) is 14.0 Å². The SMILES string of the molecule is COC(=O)C1=C(C)NC(=O)NC1c1ccncc1F. The summed E-state index contributed by atoms with van der Waals surface area (Å²) < 4.78 is 18.4. The van der Waals surface area contributed by atoms with Crippen molar-refractivity contribution in [3.63, 3.8) is 0 Å². The molecule has 0 fully saturated rings. The number of aromatic nitrogens is 1. The molecule has 0 bridgehead atoms. The van der Waals surface area contributed by atoms with Gasteiger partial charge in [-0.2, -0.15) is 0 Å². The Labute approximate surface area is 108 Å². The highest BCUT2D eigenvalue weighted by Crippen LogP contribution is 2.28. The minimum Gasteiger partial charge on any atom is -0.466 e. The molecule has 19 heavy (non-hydrogen) atoms. The zero-order valence-electron chi connectivity index (χ0n) is 10.4. The number of nitrogens with zero attached hydrogens (tertiary/aromatic N) is 1. The second-order valence-corrected chi connectivity index (χ2v) is 3.96. The maximum Gasteiger partial charge on any atom is 0.337 e. The summed E-state index contributed by atoms with van der Waals surface area (Å²) in [6, 6.07) is -0.00230. The summed E-state index contributed by atoms with van der Waals surface area (Å²) in [7, 11) is 1.22. The van der Waals surface area contributed by atoms with Gasteiger partial charge in [-0.3, -0.25) is 4.98 Å². The third-order valence-corrected chi connectivity index (χ3v) is 2.79. The summed E-state index contributed by atoms with van der Waals surface area (Å²) in [5.74, 6) is -1.24. The highest BCUT2D eigenvalue weighted by atomic mass is 19.1. The number of nitrogens with one attached hydrogen (secondary N) is 2. The van der Waals surface area contributed by atoms with E-state index in [0.717, 1.165) is 6.20 Å². The van der Waals surface area contributed by atoms with Gasteiger partial charge in [0.1, 0.15) is 5.82 Å². The molecule has 0 aromatic carbocycles. The summed E-state index contributed by atoms with van der Waals surface area (Å²) in [5, 5.41) is 4.95. The van der Waals surface area contributed by atoms with Crippen molar-refractivity contribution in [1.29, 1.82) is 0 Å². The molecule has 7 heteroatoms. The molecular formula is C12H12FN3O3. The van der Waals surface area contributed by atoms with Crippen LogP contribution in [-0.4, -0.2) is 24.1 Å². The molecule has 2 amide bonds. The number of allylic oxidation sites excluding steroid dienone is 1. The lowest BCUT2D eigenvalue weighted by Gasteiger charge is -2.27. The molecule has 2 heterocycles. The summed E-state index contributed by atoms with van der Waals surface area (Å²) >= 11 is 0. The fraction of sp³-hybridized carbons (Fsp3) is 0.250. The lowest BCUT2D eigenvalue weighted by atomic mass is 9.96. The summed E-state index contributed by atoms with van der Waals surface area (Å²) in [6.07, 6.45) is 2.41. The van der Waals surface area contributed by atoms with E-state index in [-0.39, 0.29) is 11.1 Å². The van der Waals surface area contributed by atoms with E-state index in [4.69, 9.17) is 0 Å². The molecular weight excluding hydrogens is 253 g/mol. The van der Waals surface area contributed by atoms with E-state index < -0.39 is 23.9 Å². The number of methoxy groups -OCH3 is 1. The Balaban J connectivity index is 2.53. The van der Waals surface area contributed by atoms with Gasteiger partial charge in [-0.15, -0.1) is 0 Å². The Morgan fingerprint density at radius 2 is 2.26 bits per heavy atom. The first-order valence-electron chi connectivity index (χ1n) is 5.50. The first-order chi connectivity index (χ1) is 9.04. The van der Waals surface area contributed by atoms with Crippen LogP contribution in [-0.2, 0) is 9.53 Å². The van der Waals surface area contributed by atoms with Crippen molar-refractivity contribution in [2.45, 2.75) is 13.0 Å². The van der Waals surface area contributed by atoms with Crippen molar-refractivity contribution in [1.82, 2.24) is 15.6 Å². The van der Waals surface area contributed by atoms with Crippen molar-refractivity contribution in [3.8, 4) is 0 Å². The average molecular weight is 265 g/mol. The number of rotatable bonds is 2. The van der Waals surface area contributed by atoms with Gasteiger partial charge in [0.25, 0.3) is 0 Å². The highest BCUT2D eigenvalue weighted by Gasteiger charge is 2.33. The van der Waals surface area contributed by atoms with Crippen LogP contribution in [0.4, 0.5) is 9.18 Å². The molecule has 6 nitrogen and oxygen atoms in total. The van der Waals surface area contributed by atoms with Crippen molar-refractivity contribution >= 4 is 12.0 Å². The van der Waals surface area contributed by atoms with Gasteiger partial charge in [0.2, 0.25) is 0 Å². The fourth-order valence-electron chi connectivity index (χ4n) is 1.93. The number of pyridine rings is 1. The van der Waals surface area contributed by atoms with E-state index in [1.54, 1.807) is 6.92 Å². The molecule has 1 atom stereocenters. The number of amides is 2. The van der Waals surface area contributed by atoms with E-state index in [1.807, 2.05) is 0 Å². The Morgan fingerprint density at radius 3 is 2.89 bits per heavy atom. The molecule has 2 N–H and O–H groups in total. The molecule has 1 aromatic heterocycles. The second-order valence-electron chi connectivity index (χ2n) is 3.96. The monoisotopic (exact) mass is 265 g/mol. The first kappa shape index (κ1) is 13.0. The zero-order valence-corrected chi connectivity index (χ0v) is 10.4. The normalized spacial score (nSPS) is 18.7. The largest absolute Gasteiger partial charge is 0.466 e. The molecule has 0 spiro atoms. The number of hydrogen-bond acceptors (Lipinski definition) is 4. The van der Waals surface area contributed by atoms with Gasteiger partial charge in [0, 0.05) is 17.5 Å². The van der Waals surface area contributed by atoms with Crippen molar-refractivity contribution in [2.75, 3.05) is 7.11 Å². The number of carbonyl (C=O) groups is 2. The Kier molecular flexibility index (Phi) is 3.46. The van der Waals surface area contributed by atoms with Gasteiger partial charge < -0.3 is 15.4 Å². The maximum atomic E-state index is 13.8. The maximum absolute atomic E-state index is 13.8. The molecule has 0 aliphatic carbocycles. The van der Waals surface area contributed by atoms with Gasteiger partial charge in [-0.05, 0) is 13.0 Å². The first-order valence-corrected chi connectivity index (χ1v) is 5.50. The van der Waals surface area contributed by atoms with E-state index >= 15 is 0 Å². The van der Waals surface area contributed by atoms with Crippen LogP contribution in [0.5, 0.6) is 0 Å².